The van der Waals surface area contributed by atoms with Crippen LogP contribution in [0.15, 0.2) is 23.1 Å². The molecule has 1 heterocycles. The Morgan fingerprint density at radius 1 is 1.22 bits per heavy atom. The summed E-state index contributed by atoms with van der Waals surface area (Å²) in [5.41, 5.74) is 0. The summed E-state index contributed by atoms with van der Waals surface area (Å²) in [4.78, 5) is 15.9. The number of piperidine rings is 1. The fourth-order valence-corrected chi connectivity index (χ4v) is 4.70. The SMILES string of the molecule is COc1ccc(S[C@H](C)C(=O)NCCCN2C[C@@H](C)C[C@H](C)C2)cc1OC. The van der Waals surface area contributed by atoms with Crippen LogP contribution in [0.5, 0.6) is 11.5 Å². The second kappa shape index (κ2) is 10.8. The number of likely N-dealkylation sites (tertiary alicyclic amines) is 1. The number of ether oxygens (including phenoxy) is 2. The van der Waals surface area contributed by atoms with Gasteiger partial charge in [0, 0.05) is 24.5 Å². The third kappa shape index (κ3) is 6.92. The second-order valence-corrected chi connectivity index (χ2v) is 9.04. The Balaban J connectivity index is 1.72. The molecule has 1 aromatic rings. The first-order valence-electron chi connectivity index (χ1n) is 9.81. The Kier molecular flexibility index (Phi) is 8.77. The molecule has 152 valence electrons. The van der Waals surface area contributed by atoms with Crippen LogP contribution in [0.2, 0.25) is 0 Å². The van der Waals surface area contributed by atoms with Gasteiger partial charge in [0.05, 0.1) is 19.5 Å². The third-order valence-corrected chi connectivity index (χ3v) is 6.03. The molecule has 0 radical (unpaired) electrons. The lowest BCUT2D eigenvalue weighted by Crippen LogP contribution is -2.40. The molecule has 1 aliphatic heterocycles. The molecule has 1 aliphatic rings. The van der Waals surface area contributed by atoms with Crippen molar-refractivity contribution in [3.63, 3.8) is 0 Å². The molecule has 1 fully saturated rings. The van der Waals surface area contributed by atoms with E-state index in [0.717, 1.165) is 36.2 Å². The van der Waals surface area contributed by atoms with E-state index in [1.165, 1.54) is 31.3 Å². The van der Waals surface area contributed by atoms with Gasteiger partial charge in [0.15, 0.2) is 11.5 Å². The number of hydrogen-bond acceptors (Lipinski definition) is 5. The van der Waals surface area contributed by atoms with Crippen LogP contribution in [0, 0.1) is 11.8 Å². The zero-order chi connectivity index (χ0) is 19.8. The van der Waals surface area contributed by atoms with Gasteiger partial charge in [0.2, 0.25) is 5.91 Å². The fourth-order valence-electron chi connectivity index (χ4n) is 3.78. The molecule has 1 amide bonds. The van der Waals surface area contributed by atoms with Gasteiger partial charge in [0.1, 0.15) is 0 Å². The van der Waals surface area contributed by atoms with E-state index in [2.05, 4.69) is 24.1 Å². The smallest absolute Gasteiger partial charge is 0.233 e. The first kappa shape index (κ1) is 21.9. The Morgan fingerprint density at radius 2 is 1.89 bits per heavy atom. The van der Waals surface area contributed by atoms with E-state index in [1.807, 2.05) is 25.1 Å². The molecule has 1 N–H and O–H groups in total. The van der Waals surface area contributed by atoms with Crippen molar-refractivity contribution in [3.8, 4) is 11.5 Å². The molecule has 1 aromatic carbocycles. The predicted molar refractivity (Wildman–Crippen MR) is 112 cm³/mol. The van der Waals surface area contributed by atoms with E-state index in [-0.39, 0.29) is 11.2 Å². The molecule has 6 heteroatoms. The maximum absolute atomic E-state index is 12.4. The standard InChI is InChI=1S/C21H34N2O3S/c1-15-11-16(2)14-23(13-15)10-6-9-22-21(24)17(3)27-18-7-8-19(25-4)20(12-18)26-5/h7-8,12,15-17H,6,9-11,13-14H2,1-5H3,(H,22,24)/t15-,16-,17+/m0/s1. The quantitative estimate of drug-likeness (QED) is 0.512. The molecule has 5 nitrogen and oxygen atoms in total. The number of nitrogens with one attached hydrogen (secondary N) is 1. The highest BCUT2D eigenvalue weighted by Crippen LogP contribution is 2.33. The van der Waals surface area contributed by atoms with Gasteiger partial charge in [-0.2, -0.15) is 0 Å². The van der Waals surface area contributed by atoms with E-state index < -0.39 is 0 Å². The maximum Gasteiger partial charge on any atom is 0.233 e. The summed E-state index contributed by atoms with van der Waals surface area (Å²) >= 11 is 1.53. The molecular weight excluding hydrogens is 360 g/mol. The van der Waals surface area contributed by atoms with Gasteiger partial charge in [-0.15, -0.1) is 11.8 Å². The normalized spacial score (nSPS) is 21.5. The molecule has 3 atom stereocenters. The van der Waals surface area contributed by atoms with Gasteiger partial charge in [-0.05, 0) is 56.3 Å². The van der Waals surface area contributed by atoms with Crippen molar-refractivity contribution < 1.29 is 14.3 Å². The van der Waals surface area contributed by atoms with Crippen LogP contribution in [-0.2, 0) is 4.79 Å². The number of thioether (sulfide) groups is 1. The highest BCUT2D eigenvalue weighted by atomic mass is 32.2. The van der Waals surface area contributed by atoms with Gasteiger partial charge in [-0.1, -0.05) is 13.8 Å². The summed E-state index contributed by atoms with van der Waals surface area (Å²) in [5, 5.41) is 2.92. The molecule has 0 saturated carbocycles. The number of amides is 1. The van der Waals surface area contributed by atoms with Gasteiger partial charge in [0.25, 0.3) is 0 Å². The molecule has 27 heavy (non-hydrogen) atoms. The highest BCUT2D eigenvalue weighted by Gasteiger charge is 2.21. The molecular formula is C21H34N2O3S. The van der Waals surface area contributed by atoms with Crippen molar-refractivity contribution >= 4 is 17.7 Å². The fraction of sp³-hybridized carbons (Fsp3) is 0.667. The molecule has 0 spiro atoms. The Labute approximate surface area is 168 Å². The number of nitrogens with zero attached hydrogens (tertiary/aromatic N) is 1. The van der Waals surface area contributed by atoms with Crippen molar-refractivity contribution in [2.45, 2.75) is 43.8 Å². The lowest BCUT2D eigenvalue weighted by atomic mass is 9.92. The molecule has 2 rings (SSSR count). The Hall–Kier alpha value is -1.40. The Bertz CT molecular complexity index is 601. The number of hydrogen-bond donors (Lipinski definition) is 1. The van der Waals surface area contributed by atoms with E-state index in [1.54, 1.807) is 14.2 Å². The van der Waals surface area contributed by atoms with Crippen LogP contribution < -0.4 is 14.8 Å². The lowest BCUT2D eigenvalue weighted by molar-refractivity contribution is -0.120. The summed E-state index contributed by atoms with van der Waals surface area (Å²) in [6, 6.07) is 5.73. The van der Waals surface area contributed by atoms with Crippen LogP contribution >= 0.6 is 11.8 Å². The van der Waals surface area contributed by atoms with Gasteiger partial charge in [-0.25, -0.2) is 0 Å². The molecule has 1 saturated heterocycles. The second-order valence-electron chi connectivity index (χ2n) is 7.63. The maximum atomic E-state index is 12.4. The van der Waals surface area contributed by atoms with Crippen molar-refractivity contribution in [2.75, 3.05) is 40.4 Å². The van der Waals surface area contributed by atoms with Crippen LogP contribution in [0.4, 0.5) is 0 Å². The average Bonchev–Trinajstić information content (AvgIpc) is 2.64. The monoisotopic (exact) mass is 394 g/mol. The molecule has 0 bridgehead atoms. The number of carbonyl (C=O) groups is 1. The van der Waals surface area contributed by atoms with Gasteiger partial charge < -0.3 is 19.7 Å². The number of methoxy groups -OCH3 is 2. The minimum atomic E-state index is -0.155. The summed E-state index contributed by atoms with van der Waals surface area (Å²) in [7, 11) is 3.23. The Morgan fingerprint density at radius 3 is 2.52 bits per heavy atom. The number of rotatable bonds is 9. The van der Waals surface area contributed by atoms with Gasteiger partial charge in [-0.3, -0.25) is 4.79 Å². The lowest BCUT2D eigenvalue weighted by Gasteiger charge is -2.34. The van der Waals surface area contributed by atoms with Crippen molar-refractivity contribution in [1.29, 1.82) is 0 Å². The van der Waals surface area contributed by atoms with Gasteiger partial charge >= 0.3 is 0 Å². The first-order valence-corrected chi connectivity index (χ1v) is 10.7. The molecule has 0 aliphatic carbocycles. The zero-order valence-corrected chi connectivity index (χ0v) is 18.1. The highest BCUT2D eigenvalue weighted by molar-refractivity contribution is 8.00. The molecule has 0 unspecified atom stereocenters. The largest absolute Gasteiger partial charge is 0.493 e. The zero-order valence-electron chi connectivity index (χ0n) is 17.3. The minimum Gasteiger partial charge on any atom is -0.493 e. The summed E-state index contributed by atoms with van der Waals surface area (Å²) in [6.45, 7) is 10.8. The van der Waals surface area contributed by atoms with E-state index in [4.69, 9.17) is 9.47 Å². The van der Waals surface area contributed by atoms with Crippen LogP contribution in [0.1, 0.15) is 33.6 Å². The van der Waals surface area contributed by atoms with E-state index in [9.17, 15) is 4.79 Å². The first-order chi connectivity index (χ1) is 12.9. The number of benzene rings is 1. The topological polar surface area (TPSA) is 50.8 Å². The van der Waals surface area contributed by atoms with Crippen molar-refractivity contribution in [3.05, 3.63) is 18.2 Å². The number of carbonyl (C=O) groups excluding carboxylic acids is 1. The van der Waals surface area contributed by atoms with Crippen LogP contribution in [0.25, 0.3) is 0 Å². The van der Waals surface area contributed by atoms with Crippen molar-refractivity contribution in [1.82, 2.24) is 10.2 Å². The average molecular weight is 395 g/mol. The summed E-state index contributed by atoms with van der Waals surface area (Å²) in [5.74, 6) is 3.01. The van der Waals surface area contributed by atoms with Crippen LogP contribution in [-0.4, -0.2) is 56.5 Å². The third-order valence-electron chi connectivity index (χ3n) is 4.93. The predicted octanol–water partition coefficient (Wildman–Crippen LogP) is 3.67. The van der Waals surface area contributed by atoms with E-state index >= 15 is 0 Å². The van der Waals surface area contributed by atoms with E-state index in [0.29, 0.717) is 11.5 Å². The van der Waals surface area contributed by atoms with Crippen LogP contribution in [0.3, 0.4) is 0 Å². The summed E-state index contributed by atoms with van der Waals surface area (Å²) < 4.78 is 10.6. The minimum absolute atomic E-state index is 0.0789. The van der Waals surface area contributed by atoms with Crippen molar-refractivity contribution in [2.24, 2.45) is 11.8 Å². The molecule has 0 aromatic heterocycles. The summed E-state index contributed by atoms with van der Waals surface area (Å²) in [6.07, 6.45) is 2.33.